The van der Waals surface area contributed by atoms with E-state index in [1.165, 1.54) is 7.11 Å². The maximum absolute atomic E-state index is 12.9. The Kier molecular flexibility index (Phi) is 8.08. The van der Waals surface area contributed by atoms with Gasteiger partial charge in [0.25, 0.3) is 5.91 Å². The highest BCUT2D eigenvalue weighted by Crippen LogP contribution is 2.20. The molecule has 2 heterocycles. The smallest absolute Gasteiger partial charge is 0.276 e. The minimum atomic E-state index is -0.264. The molecule has 9 nitrogen and oxygen atoms in total. The number of hydrogen-bond donors (Lipinski definition) is 3. The number of nitrogens with zero attached hydrogens (tertiary/aromatic N) is 2. The van der Waals surface area contributed by atoms with Crippen LogP contribution in [0.1, 0.15) is 19.3 Å². The van der Waals surface area contributed by atoms with E-state index in [2.05, 4.69) is 16.9 Å². The number of hydrogen-bond acceptors (Lipinski definition) is 7. The van der Waals surface area contributed by atoms with Crippen LogP contribution < -0.4 is 16.8 Å². The molecule has 2 saturated heterocycles. The Morgan fingerprint density at radius 2 is 2.04 bits per heavy atom. The van der Waals surface area contributed by atoms with Gasteiger partial charge < -0.3 is 35.9 Å². The standard InChI is InChI=1S/C18H31N5O4/c1-12(20)17(26-3)16(21-11-19)18(24)23-7-4-13(5-8-23)22-14-6-9-27-10-15(14)25-2/h11,13-15,22H,1,4-10,20H2,2-3H3,(H2,19,21)/b17-16+. The summed E-state index contributed by atoms with van der Waals surface area (Å²) in [5, 5.41) is 3.66. The fourth-order valence-corrected chi connectivity index (χ4v) is 3.50. The molecule has 0 radical (unpaired) electrons. The topological polar surface area (TPSA) is 124 Å². The molecule has 0 saturated carbocycles. The third-order valence-electron chi connectivity index (χ3n) is 4.96. The SMILES string of the molecule is C=C(N)/C(OC)=C(\N=CN)C(=O)N1CCC(NC2CCOCC2OC)CC1. The zero-order chi connectivity index (χ0) is 19.8. The van der Waals surface area contributed by atoms with Gasteiger partial charge in [0.2, 0.25) is 0 Å². The molecule has 2 fully saturated rings. The minimum Gasteiger partial charge on any atom is -0.492 e. The predicted molar refractivity (Wildman–Crippen MR) is 103 cm³/mol. The van der Waals surface area contributed by atoms with Gasteiger partial charge in [-0.25, -0.2) is 4.99 Å². The number of aliphatic imine (C=N–C) groups is 1. The van der Waals surface area contributed by atoms with E-state index < -0.39 is 0 Å². The summed E-state index contributed by atoms with van der Waals surface area (Å²) < 4.78 is 16.2. The van der Waals surface area contributed by atoms with Gasteiger partial charge in [-0.2, -0.15) is 0 Å². The van der Waals surface area contributed by atoms with Gasteiger partial charge in [-0.15, -0.1) is 0 Å². The largest absolute Gasteiger partial charge is 0.492 e. The molecule has 27 heavy (non-hydrogen) atoms. The normalized spacial score (nSPS) is 25.3. The Morgan fingerprint density at radius 1 is 1.33 bits per heavy atom. The number of methoxy groups -OCH3 is 2. The van der Waals surface area contributed by atoms with E-state index in [4.69, 9.17) is 25.7 Å². The summed E-state index contributed by atoms with van der Waals surface area (Å²) in [7, 11) is 3.13. The van der Waals surface area contributed by atoms with Crippen molar-refractivity contribution in [1.82, 2.24) is 10.2 Å². The van der Waals surface area contributed by atoms with E-state index in [1.54, 1.807) is 12.0 Å². The minimum absolute atomic E-state index is 0.0617. The number of rotatable bonds is 7. The number of amides is 1. The third-order valence-corrected chi connectivity index (χ3v) is 4.96. The predicted octanol–water partition coefficient (Wildman–Crippen LogP) is -0.312. The summed E-state index contributed by atoms with van der Waals surface area (Å²) in [6, 6.07) is 0.598. The second kappa shape index (κ2) is 10.3. The van der Waals surface area contributed by atoms with E-state index in [0.29, 0.717) is 25.7 Å². The fraction of sp³-hybridized carbons (Fsp3) is 0.667. The van der Waals surface area contributed by atoms with E-state index >= 15 is 0 Å². The summed E-state index contributed by atoms with van der Waals surface area (Å²) in [5.74, 6) is -0.119. The van der Waals surface area contributed by atoms with Crippen molar-refractivity contribution in [2.24, 2.45) is 16.5 Å². The molecule has 0 aromatic carbocycles. The first-order valence-corrected chi connectivity index (χ1v) is 9.14. The highest BCUT2D eigenvalue weighted by Gasteiger charge is 2.31. The summed E-state index contributed by atoms with van der Waals surface area (Å²) >= 11 is 0. The van der Waals surface area contributed by atoms with E-state index in [1.807, 2.05) is 0 Å². The van der Waals surface area contributed by atoms with Gasteiger partial charge in [0.1, 0.15) is 0 Å². The molecule has 2 unspecified atom stereocenters. The fourth-order valence-electron chi connectivity index (χ4n) is 3.50. The molecule has 0 spiro atoms. The third kappa shape index (κ3) is 5.44. The highest BCUT2D eigenvalue weighted by molar-refractivity contribution is 5.95. The van der Waals surface area contributed by atoms with Crippen molar-refractivity contribution in [1.29, 1.82) is 0 Å². The second-order valence-corrected chi connectivity index (χ2v) is 6.66. The zero-order valence-electron chi connectivity index (χ0n) is 16.1. The maximum atomic E-state index is 12.9. The van der Waals surface area contributed by atoms with Gasteiger partial charge in [0.05, 0.1) is 31.9 Å². The van der Waals surface area contributed by atoms with Gasteiger partial charge in [-0.05, 0) is 19.3 Å². The first kappa shape index (κ1) is 21.2. The molecule has 9 heteroatoms. The van der Waals surface area contributed by atoms with Crippen LogP contribution >= 0.6 is 0 Å². The van der Waals surface area contributed by atoms with Crippen molar-refractivity contribution in [3.8, 4) is 0 Å². The molecular weight excluding hydrogens is 350 g/mol. The van der Waals surface area contributed by atoms with Crippen LogP contribution in [-0.2, 0) is 19.0 Å². The molecule has 2 rings (SSSR count). The van der Waals surface area contributed by atoms with Crippen molar-refractivity contribution in [2.75, 3.05) is 40.5 Å². The first-order chi connectivity index (χ1) is 13.0. The number of nitrogens with two attached hydrogens (primary N) is 2. The van der Waals surface area contributed by atoms with Crippen LogP contribution in [0.25, 0.3) is 0 Å². The molecule has 152 valence electrons. The number of likely N-dealkylation sites (tertiary alicyclic amines) is 1. The number of carbonyl (C=O) groups is 1. The first-order valence-electron chi connectivity index (χ1n) is 9.14. The average molecular weight is 381 g/mol. The van der Waals surface area contributed by atoms with Crippen LogP contribution in [0.4, 0.5) is 0 Å². The van der Waals surface area contributed by atoms with E-state index in [0.717, 1.165) is 32.2 Å². The molecule has 1 amide bonds. The Morgan fingerprint density at radius 3 is 2.59 bits per heavy atom. The van der Waals surface area contributed by atoms with E-state index in [-0.39, 0.29) is 35.2 Å². The Balaban J connectivity index is 1.97. The molecule has 2 atom stereocenters. The number of piperidine rings is 1. The van der Waals surface area contributed by atoms with Crippen LogP contribution in [0.5, 0.6) is 0 Å². The van der Waals surface area contributed by atoms with Crippen molar-refractivity contribution < 1.29 is 19.0 Å². The molecule has 0 aliphatic carbocycles. The highest BCUT2D eigenvalue weighted by atomic mass is 16.5. The lowest BCUT2D eigenvalue weighted by Crippen LogP contribution is -2.54. The van der Waals surface area contributed by atoms with Crippen LogP contribution in [-0.4, -0.2) is 75.9 Å². The molecule has 0 aromatic heterocycles. The van der Waals surface area contributed by atoms with Crippen LogP contribution in [0.15, 0.2) is 28.7 Å². The number of ether oxygens (including phenoxy) is 3. The van der Waals surface area contributed by atoms with Gasteiger partial charge in [-0.3, -0.25) is 4.79 Å². The lowest BCUT2D eigenvalue weighted by atomic mass is 9.99. The summed E-state index contributed by atoms with van der Waals surface area (Å²) in [5.41, 5.74) is 11.3. The zero-order valence-corrected chi connectivity index (χ0v) is 16.1. The Labute approximate surface area is 160 Å². The van der Waals surface area contributed by atoms with Crippen molar-refractivity contribution in [3.63, 3.8) is 0 Å². The van der Waals surface area contributed by atoms with Crippen LogP contribution in [0.2, 0.25) is 0 Å². The lowest BCUT2D eigenvalue weighted by molar-refractivity contribution is -0.128. The van der Waals surface area contributed by atoms with Crippen LogP contribution in [0.3, 0.4) is 0 Å². The maximum Gasteiger partial charge on any atom is 0.276 e. The van der Waals surface area contributed by atoms with Crippen molar-refractivity contribution >= 4 is 12.2 Å². The van der Waals surface area contributed by atoms with E-state index in [9.17, 15) is 4.79 Å². The Hall–Kier alpha value is -2.10. The van der Waals surface area contributed by atoms with Gasteiger partial charge >= 0.3 is 0 Å². The quantitative estimate of drug-likeness (QED) is 0.182. The molecule has 5 N–H and O–H groups in total. The Bertz CT molecular complexity index is 584. The number of nitrogens with one attached hydrogen (secondary N) is 1. The average Bonchev–Trinajstić information content (AvgIpc) is 2.68. The summed E-state index contributed by atoms with van der Waals surface area (Å²) in [6.45, 7) is 6.19. The van der Waals surface area contributed by atoms with Gasteiger partial charge in [-0.1, -0.05) is 6.58 Å². The molecule has 0 aromatic rings. The van der Waals surface area contributed by atoms with Crippen LogP contribution in [0, 0.1) is 0 Å². The molecule has 2 aliphatic heterocycles. The van der Waals surface area contributed by atoms with Crippen molar-refractivity contribution in [3.05, 3.63) is 23.7 Å². The van der Waals surface area contributed by atoms with Crippen molar-refractivity contribution in [2.45, 2.75) is 37.5 Å². The summed E-state index contributed by atoms with van der Waals surface area (Å²) in [6.07, 6.45) is 3.72. The lowest BCUT2D eigenvalue weighted by Gasteiger charge is -2.38. The van der Waals surface area contributed by atoms with Gasteiger partial charge in [0.15, 0.2) is 11.5 Å². The number of carbonyl (C=O) groups excluding carboxylic acids is 1. The molecule has 2 aliphatic rings. The second-order valence-electron chi connectivity index (χ2n) is 6.66. The monoisotopic (exact) mass is 381 g/mol. The summed E-state index contributed by atoms with van der Waals surface area (Å²) in [4.78, 5) is 18.5. The van der Waals surface area contributed by atoms with Gasteiger partial charge in [0, 0.05) is 38.9 Å². The molecular formula is C18H31N5O4. The molecule has 0 bridgehead atoms.